The van der Waals surface area contributed by atoms with E-state index in [4.69, 9.17) is 4.74 Å². The number of carbonyl (C=O) groups excluding carboxylic acids is 1. The molecule has 22 heavy (non-hydrogen) atoms. The number of rotatable bonds is 5. The molecule has 112 valence electrons. The molecule has 2 nitrogen and oxygen atoms in total. The Balaban J connectivity index is 1.99. The second kappa shape index (κ2) is 6.61. The third-order valence-electron chi connectivity index (χ3n) is 3.99. The van der Waals surface area contributed by atoms with Crippen molar-refractivity contribution in [3.63, 3.8) is 0 Å². The topological polar surface area (TPSA) is 26.3 Å². The van der Waals surface area contributed by atoms with Gasteiger partial charge in [0.2, 0.25) is 0 Å². The monoisotopic (exact) mass is 292 g/mol. The second-order valence-corrected chi connectivity index (χ2v) is 5.56. The maximum absolute atomic E-state index is 11.8. The molecule has 0 saturated heterocycles. The summed E-state index contributed by atoms with van der Waals surface area (Å²) in [5.41, 5.74) is 1.10. The van der Waals surface area contributed by atoms with Crippen LogP contribution < -0.4 is 0 Å². The van der Waals surface area contributed by atoms with Crippen LogP contribution in [0.5, 0.6) is 0 Å². The van der Waals surface area contributed by atoms with Gasteiger partial charge >= 0.3 is 5.97 Å². The van der Waals surface area contributed by atoms with Gasteiger partial charge < -0.3 is 4.74 Å². The van der Waals surface area contributed by atoms with E-state index >= 15 is 0 Å². The van der Waals surface area contributed by atoms with Crippen molar-refractivity contribution in [1.29, 1.82) is 0 Å². The fraction of sp³-hybridized carbons (Fsp3) is 0.250. The van der Waals surface area contributed by atoms with Gasteiger partial charge in [0.15, 0.2) is 0 Å². The summed E-state index contributed by atoms with van der Waals surface area (Å²) in [6.07, 6.45) is 2.39. The molecule has 0 aliphatic rings. The summed E-state index contributed by atoms with van der Waals surface area (Å²) in [5.74, 6) is -0.112. The number of esters is 1. The first-order chi connectivity index (χ1) is 10.8. The third-order valence-corrected chi connectivity index (χ3v) is 3.99. The SMILES string of the molecule is CCCCC(=O)OCc1c2ccccc2cc2ccccc12. The van der Waals surface area contributed by atoms with E-state index < -0.39 is 0 Å². The van der Waals surface area contributed by atoms with Gasteiger partial charge in [-0.05, 0) is 34.0 Å². The summed E-state index contributed by atoms with van der Waals surface area (Å²) in [4.78, 5) is 11.8. The Hall–Kier alpha value is -2.35. The highest BCUT2D eigenvalue weighted by molar-refractivity contribution is 6.02. The third kappa shape index (κ3) is 2.96. The number of benzene rings is 3. The molecule has 3 rings (SSSR count). The highest BCUT2D eigenvalue weighted by Gasteiger charge is 2.10. The number of ether oxygens (including phenoxy) is 1. The molecule has 0 aromatic heterocycles. The molecular weight excluding hydrogens is 272 g/mol. The number of hydrogen-bond donors (Lipinski definition) is 0. The highest BCUT2D eigenvalue weighted by Crippen LogP contribution is 2.29. The van der Waals surface area contributed by atoms with Crippen LogP contribution in [0.2, 0.25) is 0 Å². The average molecular weight is 292 g/mol. The molecule has 3 aromatic carbocycles. The van der Waals surface area contributed by atoms with Crippen molar-refractivity contribution in [2.24, 2.45) is 0 Å². The van der Waals surface area contributed by atoms with Gasteiger partial charge in [-0.3, -0.25) is 4.79 Å². The standard InChI is InChI=1S/C20H20O2/c1-2-3-12-20(21)22-14-19-17-10-6-4-8-15(17)13-16-9-5-7-11-18(16)19/h4-11,13H,2-3,12,14H2,1H3. The van der Waals surface area contributed by atoms with Crippen LogP contribution in [0.1, 0.15) is 31.7 Å². The zero-order chi connectivity index (χ0) is 15.4. The Labute approximate surface area is 130 Å². The van der Waals surface area contributed by atoms with Crippen LogP contribution >= 0.6 is 0 Å². The molecule has 0 fully saturated rings. The van der Waals surface area contributed by atoms with E-state index in [-0.39, 0.29) is 5.97 Å². The Bertz CT molecular complexity index is 751. The van der Waals surface area contributed by atoms with E-state index in [1.807, 2.05) is 24.3 Å². The van der Waals surface area contributed by atoms with Gasteiger partial charge in [-0.15, -0.1) is 0 Å². The molecule has 0 amide bonds. The minimum absolute atomic E-state index is 0.112. The lowest BCUT2D eigenvalue weighted by Crippen LogP contribution is -2.05. The number of unbranched alkanes of at least 4 members (excludes halogenated alkanes) is 1. The van der Waals surface area contributed by atoms with Crippen LogP contribution in [0.3, 0.4) is 0 Å². The molecule has 0 heterocycles. The molecular formula is C20H20O2. The minimum atomic E-state index is -0.112. The quantitative estimate of drug-likeness (QED) is 0.475. The molecule has 3 aromatic rings. The zero-order valence-electron chi connectivity index (χ0n) is 12.8. The highest BCUT2D eigenvalue weighted by atomic mass is 16.5. The smallest absolute Gasteiger partial charge is 0.306 e. The Kier molecular flexibility index (Phi) is 4.38. The Morgan fingerprint density at radius 1 is 0.955 bits per heavy atom. The maximum atomic E-state index is 11.8. The first kappa shape index (κ1) is 14.6. The van der Waals surface area contributed by atoms with Crippen LogP contribution in [-0.4, -0.2) is 5.97 Å². The number of carbonyl (C=O) groups is 1. The predicted molar refractivity (Wildman–Crippen MR) is 90.8 cm³/mol. The van der Waals surface area contributed by atoms with Crippen LogP contribution in [0.4, 0.5) is 0 Å². The molecule has 0 atom stereocenters. The van der Waals surface area contributed by atoms with E-state index in [2.05, 4.69) is 37.3 Å². The maximum Gasteiger partial charge on any atom is 0.306 e. The fourth-order valence-electron chi connectivity index (χ4n) is 2.81. The molecule has 0 N–H and O–H groups in total. The molecule has 0 aliphatic carbocycles. The summed E-state index contributed by atoms with van der Waals surface area (Å²) in [7, 11) is 0. The van der Waals surface area contributed by atoms with Gasteiger partial charge in [-0.1, -0.05) is 61.9 Å². The van der Waals surface area contributed by atoms with Gasteiger partial charge in [0, 0.05) is 12.0 Å². The minimum Gasteiger partial charge on any atom is -0.461 e. The first-order valence-corrected chi connectivity index (χ1v) is 7.84. The molecule has 0 bridgehead atoms. The van der Waals surface area contributed by atoms with Gasteiger partial charge in [0.05, 0.1) is 0 Å². The summed E-state index contributed by atoms with van der Waals surface area (Å²) in [5, 5.41) is 4.68. The lowest BCUT2D eigenvalue weighted by atomic mass is 9.97. The van der Waals surface area contributed by atoms with Gasteiger partial charge in [0.25, 0.3) is 0 Å². The van der Waals surface area contributed by atoms with Gasteiger partial charge in [-0.25, -0.2) is 0 Å². The lowest BCUT2D eigenvalue weighted by molar-refractivity contribution is -0.145. The first-order valence-electron chi connectivity index (χ1n) is 7.84. The number of fused-ring (bicyclic) bond motifs is 2. The van der Waals surface area contributed by atoms with Crippen molar-refractivity contribution in [3.8, 4) is 0 Å². The van der Waals surface area contributed by atoms with Crippen LogP contribution in [0, 0.1) is 0 Å². The summed E-state index contributed by atoms with van der Waals surface area (Å²) >= 11 is 0. The van der Waals surface area contributed by atoms with Gasteiger partial charge in [0.1, 0.15) is 6.61 Å². The molecule has 0 saturated carbocycles. The largest absolute Gasteiger partial charge is 0.461 e. The van der Waals surface area contributed by atoms with Crippen LogP contribution in [0.15, 0.2) is 54.6 Å². The van der Waals surface area contributed by atoms with Crippen molar-refractivity contribution < 1.29 is 9.53 Å². The van der Waals surface area contributed by atoms with E-state index in [1.165, 1.54) is 10.8 Å². The predicted octanol–water partition coefficient (Wildman–Crippen LogP) is 5.23. The number of hydrogen-bond acceptors (Lipinski definition) is 2. The summed E-state index contributed by atoms with van der Waals surface area (Å²) < 4.78 is 5.51. The molecule has 0 radical (unpaired) electrons. The Morgan fingerprint density at radius 2 is 1.55 bits per heavy atom. The lowest BCUT2D eigenvalue weighted by Gasteiger charge is -2.12. The molecule has 0 spiro atoms. The Morgan fingerprint density at radius 3 is 2.14 bits per heavy atom. The summed E-state index contributed by atoms with van der Waals surface area (Å²) in [6, 6.07) is 18.7. The van der Waals surface area contributed by atoms with E-state index in [0.717, 1.165) is 29.2 Å². The van der Waals surface area contributed by atoms with Crippen LogP contribution in [0.25, 0.3) is 21.5 Å². The van der Waals surface area contributed by atoms with E-state index in [1.54, 1.807) is 0 Å². The van der Waals surface area contributed by atoms with Crippen molar-refractivity contribution >= 4 is 27.5 Å². The molecule has 2 heteroatoms. The molecule has 0 unspecified atom stereocenters. The zero-order valence-corrected chi connectivity index (χ0v) is 12.8. The fourth-order valence-corrected chi connectivity index (χ4v) is 2.81. The van der Waals surface area contributed by atoms with Gasteiger partial charge in [-0.2, -0.15) is 0 Å². The van der Waals surface area contributed by atoms with E-state index in [0.29, 0.717) is 13.0 Å². The van der Waals surface area contributed by atoms with Crippen LogP contribution in [-0.2, 0) is 16.1 Å². The average Bonchev–Trinajstić information content (AvgIpc) is 2.56. The van der Waals surface area contributed by atoms with E-state index in [9.17, 15) is 4.79 Å². The van der Waals surface area contributed by atoms with Crippen molar-refractivity contribution in [3.05, 3.63) is 60.2 Å². The summed E-state index contributed by atoms with van der Waals surface area (Å²) in [6.45, 7) is 2.41. The second-order valence-electron chi connectivity index (χ2n) is 5.56. The molecule has 0 aliphatic heterocycles. The van der Waals surface area contributed by atoms with Crippen molar-refractivity contribution in [2.45, 2.75) is 32.8 Å². The van der Waals surface area contributed by atoms with Crippen molar-refractivity contribution in [1.82, 2.24) is 0 Å². The van der Waals surface area contributed by atoms with Crippen molar-refractivity contribution in [2.75, 3.05) is 0 Å². The normalized spacial score (nSPS) is 11.0.